The molecule has 0 atom stereocenters. The summed E-state index contributed by atoms with van der Waals surface area (Å²) in [6.45, 7) is 1.92. The Balaban J connectivity index is 2.95. The molecule has 0 aromatic heterocycles. The molecular formula is C11H14INO4S. The average molecular weight is 383 g/mol. The molecule has 100 valence electrons. The Morgan fingerprint density at radius 1 is 1.33 bits per heavy atom. The lowest BCUT2D eigenvalue weighted by Gasteiger charge is -2.19. The van der Waals surface area contributed by atoms with E-state index in [9.17, 15) is 13.2 Å². The predicted molar refractivity (Wildman–Crippen MR) is 75.8 cm³/mol. The molecule has 0 bridgehead atoms. The van der Waals surface area contributed by atoms with Crippen molar-refractivity contribution in [1.29, 1.82) is 0 Å². The molecule has 0 saturated heterocycles. The first-order chi connectivity index (χ1) is 8.37. The van der Waals surface area contributed by atoms with Crippen LogP contribution in [0, 0.1) is 3.57 Å². The second-order valence-corrected chi connectivity index (χ2v) is 6.78. The predicted octanol–water partition coefficient (Wildman–Crippen LogP) is 1.78. The molecule has 0 saturated carbocycles. The van der Waals surface area contributed by atoms with Gasteiger partial charge < -0.3 is 5.11 Å². The van der Waals surface area contributed by atoms with Crippen LogP contribution < -0.4 is 0 Å². The van der Waals surface area contributed by atoms with Gasteiger partial charge in [-0.2, -0.15) is 4.31 Å². The monoisotopic (exact) mass is 383 g/mol. The van der Waals surface area contributed by atoms with Gasteiger partial charge >= 0.3 is 5.97 Å². The minimum absolute atomic E-state index is 0.0137. The standard InChI is InChI=1S/C11H14INO4S/c1-2-13(8-7-11(14)15)18(16,17)10-5-3-9(12)4-6-10/h3-6H,2,7-8H2,1H3,(H,14,15). The Morgan fingerprint density at radius 2 is 1.89 bits per heavy atom. The Bertz CT molecular complexity index is 512. The van der Waals surface area contributed by atoms with Gasteiger partial charge in [-0.05, 0) is 46.9 Å². The molecule has 0 aliphatic carbocycles. The van der Waals surface area contributed by atoms with Gasteiger partial charge in [0, 0.05) is 16.7 Å². The molecule has 0 aliphatic rings. The first-order valence-corrected chi connectivity index (χ1v) is 7.87. The second kappa shape index (κ2) is 6.48. The summed E-state index contributed by atoms with van der Waals surface area (Å²) in [4.78, 5) is 10.7. The van der Waals surface area contributed by atoms with E-state index in [2.05, 4.69) is 22.6 Å². The van der Waals surface area contributed by atoms with E-state index in [-0.39, 0.29) is 24.4 Å². The van der Waals surface area contributed by atoms with E-state index in [0.29, 0.717) is 0 Å². The number of sulfonamides is 1. The van der Waals surface area contributed by atoms with Crippen LogP contribution in [-0.2, 0) is 14.8 Å². The van der Waals surface area contributed by atoms with Crippen LogP contribution in [0.2, 0.25) is 0 Å². The van der Waals surface area contributed by atoms with Crippen LogP contribution in [0.3, 0.4) is 0 Å². The van der Waals surface area contributed by atoms with Gasteiger partial charge in [0.25, 0.3) is 0 Å². The van der Waals surface area contributed by atoms with Crippen LogP contribution in [0.15, 0.2) is 29.2 Å². The zero-order chi connectivity index (χ0) is 13.8. The van der Waals surface area contributed by atoms with E-state index in [4.69, 9.17) is 5.11 Å². The molecule has 0 radical (unpaired) electrons. The summed E-state index contributed by atoms with van der Waals surface area (Å²) in [6, 6.07) is 6.47. The van der Waals surface area contributed by atoms with E-state index in [1.807, 2.05) is 0 Å². The number of rotatable bonds is 6. The van der Waals surface area contributed by atoms with Crippen molar-refractivity contribution >= 4 is 38.6 Å². The van der Waals surface area contributed by atoms with Crippen molar-refractivity contribution in [3.63, 3.8) is 0 Å². The number of carbonyl (C=O) groups is 1. The second-order valence-electron chi connectivity index (χ2n) is 3.59. The van der Waals surface area contributed by atoms with Gasteiger partial charge in [-0.15, -0.1) is 0 Å². The van der Waals surface area contributed by atoms with Crippen LogP contribution >= 0.6 is 22.6 Å². The maximum Gasteiger partial charge on any atom is 0.304 e. The summed E-state index contributed by atoms with van der Waals surface area (Å²) in [5.74, 6) is -1.01. The lowest BCUT2D eigenvalue weighted by molar-refractivity contribution is -0.137. The first-order valence-electron chi connectivity index (χ1n) is 5.35. The molecular weight excluding hydrogens is 369 g/mol. The summed E-state index contributed by atoms with van der Waals surface area (Å²) in [7, 11) is -3.60. The van der Waals surface area contributed by atoms with Crippen molar-refractivity contribution in [2.75, 3.05) is 13.1 Å². The molecule has 0 unspecified atom stereocenters. The normalized spacial score (nSPS) is 11.7. The molecule has 1 N–H and O–H groups in total. The molecule has 0 aliphatic heterocycles. The Hall–Kier alpha value is -0.670. The number of halogens is 1. The molecule has 0 heterocycles. The fraction of sp³-hybridized carbons (Fsp3) is 0.364. The molecule has 0 fully saturated rings. The SMILES string of the molecule is CCN(CCC(=O)O)S(=O)(=O)c1ccc(I)cc1. The molecule has 0 spiro atoms. The highest BCUT2D eigenvalue weighted by molar-refractivity contribution is 14.1. The fourth-order valence-corrected chi connectivity index (χ4v) is 3.23. The van der Waals surface area contributed by atoms with E-state index in [0.717, 1.165) is 3.57 Å². The van der Waals surface area contributed by atoms with Gasteiger partial charge in [-0.25, -0.2) is 8.42 Å². The zero-order valence-electron chi connectivity index (χ0n) is 9.84. The van der Waals surface area contributed by atoms with Crippen molar-refractivity contribution in [3.8, 4) is 0 Å². The van der Waals surface area contributed by atoms with Crippen molar-refractivity contribution in [3.05, 3.63) is 27.8 Å². The highest BCUT2D eigenvalue weighted by atomic mass is 127. The van der Waals surface area contributed by atoms with E-state index in [1.165, 1.54) is 16.4 Å². The van der Waals surface area contributed by atoms with Gasteiger partial charge in [0.2, 0.25) is 10.0 Å². The number of aliphatic carboxylic acids is 1. The molecule has 1 aromatic rings. The number of carboxylic acids is 1. The quantitative estimate of drug-likeness (QED) is 0.760. The molecule has 18 heavy (non-hydrogen) atoms. The van der Waals surface area contributed by atoms with E-state index in [1.54, 1.807) is 19.1 Å². The van der Waals surface area contributed by atoms with Crippen LogP contribution in [0.25, 0.3) is 0 Å². The Kier molecular flexibility index (Phi) is 5.54. The average Bonchev–Trinajstić information content (AvgIpc) is 2.29. The summed E-state index contributed by atoms with van der Waals surface area (Å²) in [6.07, 6.45) is -0.197. The van der Waals surface area contributed by atoms with Gasteiger partial charge in [-0.3, -0.25) is 4.79 Å². The number of hydrogen-bond donors (Lipinski definition) is 1. The highest BCUT2D eigenvalue weighted by Crippen LogP contribution is 2.17. The third-order valence-corrected chi connectivity index (χ3v) is 5.09. The summed E-state index contributed by atoms with van der Waals surface area (Å²) < 4.78 is 26.6. The summed E-state index contributed by atoms with van der Waals surface area (Å²) >= 11 is 2.09. The van der Waals surface area contributed by atoms with Crippen LogP contribution in [0.4, 0.5) is 0 Å². The lowest BCUT2D eigenvalue weighted by Crippen LogP contribution is -2.32. The highest BCUT2D eigenvalue weighted by Gasteiger charge is 2.23. The van der Waals surface area contributed by atoms with Gasteiger partial charge in [0.1, 0.15) is 0 Å². The topological polar surface area (TPSA) is 74.7 Å². The molecule has 0 amide bonds. The molecule has 1 rings (SSSR count). The number of benzene rings is 1. The maximum atomic E-state index is 12.2. The lowest BCUT2D eigenvalue weighted by atomic mass is 10.4. The van der Waals surface area contributed by atoms with Gasteiger partial charge in [0.05, 0.1) is 11.3 Å². The smallest absolute Gasteiger partial charge is 0.304 e. The van der Waals surface area contributed by atoms with Crippen molar-refractivity contribution in [2.45, 2.75) is 18.2 Å². The van der Waals surface area contributed by atoms with Crippen molar-refractivity contribution in [2.24, 2.45) is 0 Å². The van der Waals surface area contributed by atoms with Gasteiger partial charge in [-0.1, -0.05) is 6.92 Å². The zero-order valence-corrected chi connectivity index (χ0v) is 12.8. The van der Waals surface area contributed by atoms with Crippen LogP contribution in [-0.4, -0.2) is 36.9 Å². The third kappa shape index (κ3) is 3.92. The number of hydrogen-bond acceptors (Lipinski definition) is 3. The first kappa shape index (κ1) is 15.4. The van der Waals surface area contributed by atoms with Crippen LogP contribution in [0.1, 0.15) is 13.3 Å². The molecule has 1 aromatic carbocycles. The minimum atomic E-state index is -3.60. The van der Waals surface area contributed by atoms with Crippen LogP contribution in [0.5, 0.6) is 0 Å². The summed E-state index contributed by atoms with van der Waals surface area (Å²) in [5, 5.41) is 8.61. The van der Waals surface area contributed by atoms with Gasteiger partial charge in [0.15, 0.2) is 0 Å². The number of carboxylic acid groups (broad SMARTS) is 1. The molecule has 7 heteroatoms. The molecule has 5 nitrogen and oxygen atoms in total. The van der Waals surface area contributed by atoms with E-state index >= 15 is 0 Å². The van der Waals surface area contributed by atoms with E-state index < -0.39 is 16.0 Å². The Morgan fingerprint density at radius 3 is 2.33 bits per heavy atom. The maximum absolute atomic E-state index is 12.2. The fourth-order valence-electron chi connectivity index (χ4n) is 1.42. The third-order valence-electron chi connectivity index (χ3n) is 2.38. The Labute approximate surface area is 120 Å². The number of nitrogens with zero attached hydrogens (tertiary/aromatic N) is 1. The summed E-state index contributed by atoms with van der Waals surface area (Å²) in [5.41, 5.74) is 0. The van der Waals surface area contributed by atoms with Crippen molar-refractivity contribution < 1.29 is 18.3 Å². The largest absolute Gasteiger partial charge is 0.481 e. The minimum Gasteiger partial charge on any atom is -0.481 e. The van der Waals surface area contributed by atoms with Crippen molar-refractivity contribution in [1.82, 2.24) is 4.31 Å².